The maximum atomic E-state index is 9.14. The van der Waals surface area contributed by atoms with E-state index in [1.54, 1.807) is 0 Å². The number of oxime groups is 1. The van der Waals surface area contributed by atoms with Crippen LogP contribution in [0.2, 0.25) is 0 Å². The molecule has 0 aromatic carbocycles. The summed E-state index contributed by atoms with van der Waals surface area (Å²) in [6.45, 7) is 4.09. The summed E-state index contributed by atoms with van der Waals surface area (Å²) in [7, 11) is 2.01. The van der Waals surface area contributed by atoms with Gasteiger partial charge in [0.1, 0.15) is 0 Å². The molecule has 21 heavy (non-hydrogen) atoms. The van der Waals surface area contributed by atoms with Crippen LogP contribution in [0.4, 0.5) is 5.82 Å². The Bertz CT molecular complexity index is 528. The lowest BCUT2D eigenvalue weighted by Gasteiger charge is -2.27. The highest BCUT2D eigenvalue weighted by Gasteiger charge is 2.26. The molecule has 1 saturated heterocycles. The Morgan fingerprint density at radius 3 is 2.71 bits per heavy atom. The lowest BCUT2D eigenvalue weighted by molar-refractivity contribution is 0.318. The summed E-state index contributed by atoms with van der Waals surface area (Å²) >= 11 is 1.94. The van der Waals surface area contributed by atoms with Crippen LogP contribution in [0.1, 0.15) is 37.1 Å². The van der Waals surface area contributed by atoms with Crippen LogP contribution in [0.25, 0.3) is 0 Å². The minimum atomic E-state index is 0.115. The van der Waals surface area contributed by atoms with Crippen LogP contribution in [0, 0.1) is 0 Å². The van der Waals surface area contributed by atoms with Crippen molar-refractivity contribution >= 4 is 23.4 Å². The van der Waals surface area contributed by atoms with Gasteiger partial charge in [0.2, 0.25) is 0 Å². The smallest absolute Gasteiger partial charge is 0.174 e. The summed E-state index contributed by atoms with van der Waals surface area (Å²) in [5.41, 5.74) is 8.60. The number of amidine groups is 1. The van der Waals surface area contributed by atoms with E-state index in [-0.39, 0.29) is 5.84 Å². The van der Waals surface area contributed by atoms with E-state index in [1.165, 1.54) is 0 Å². The average molecular weight is 309 g/mol. The van der Waals surface area contributed by atoms with Gasteiger partial charge in [0.25, 0.3) is 0 Å². The molecule has 7 heteroatoms. The van der Waals surface area contributed by atoms with Gasteiger partial charge in [0.15, 0.2) is 11.7 Å². The fourth-order valence-corrected chi connectivity index (χ4v) is 4.00. The summed E-state index contributed by atoms with van der Waals surface area (Å²) in [6.07, 6.45) is 2.69. The average Bonchev–Trinajstić information content (AvgIpc) is 3.06. The Kier molecular flexibility index (Phi) is 5.27. The Morgan fingerprint density at radius 2 is 2.19 bits per heavy atom. The fraction of sp³-hybridized carbons (Fsp3) is 0.643. The first-order valence-corrected chi connectivity index (χ1v) is 8.46. The van der Waals surface area contributed by atoms with Gasteiger partial charge in [0.05, 0.1) is 11.3 Å². The molecule has 1 aromatic rings. The van der Waals surface area contributed by atoms with Crippen LogP contribution >= 0.6 is 11.8 Å². The molecule has 2 heterocycles. The predicted octanol–water partition coefficient (Wildman–Crippen LogP) is 1.64. The molecular formula is C14H23N5OS. The van der Waals surface area contributed by atoms with Crippen molar-refractivity contribution in [2.75, 3.05) is 23.5 Å². The van der Waals surface area contributed by atoms with E-state index >= 15 is 0 Å². The largest absolute Gasteiger partial charge is 0.409 e. The van der Waals surface area contributed by atoms with Crippen LogP contribution in [0.3, 0.4) is 0 Å². The zero-order valence-corrected chi connectivity index (χ0v) is 13.7. The van der Waals surface area contributed by atoms with E-state index in [4.69, 9.17) is 10.9 Å². The molecule has 0 spiro atoms. The third-order valence-corrected chi connectivity index (χ3v) is 5.12. The summed E-state index contributed by atoms with van der Waals surface area (Å²) < 4.78 is 0. The molecule has 116 valence electrons. The molecule has 1 aromatic heterocycles. The molecule has 1 aliphatic rings. The van der Waals surface area contributed by atoms with E-state index in [2.05, 4.69) is 27.2 Å². The number of nitrogens with zero attached hydrogens (tertiary/aromatic N) is 4. The molecule has 0 bridgehead atoms. The fourth-order valence-electron chi connectivity index (χ4n) is 2.73. The monoisotopic (exact) mass is 309 g/mol. The highest BCUT2D eigenvalue weighted by molar-refractivity contribution is 7.99. The van der Waals surface area contributed by atoms with E-state index in [0.717, 1.165) is 47.6 Å². The molecule has 1 atom stereocenters. The zero-order chi connectivity index (χ0) is 15.4. The van der Waals surface area contributed by atoms with Crippen molar-refractivity contribution in [3.63, 3.8) is 0 Å². The second-order valence-corrected chi connectivity index (χ2v) is 6.29. The van der Waals surface area contributed by atoms with E-state index in [9.17, 15) is 0 Å². The standard InChI is InChI=1S/C14H23N5OS/c1-4-10-11(5-2)16-17-14(12(10)13(15)18-20)19(3)9-6-7-21-8-9/h9,20H,4-8H2,1-3H3,(H2,15,18). The topological polar surface area (TPSA) is 87.6 Å². The van der Waals surface area contributed by atoms with Gasteiger partial charge in [-0.3, -0.25) is 0 Å². The maximum absolute atomic E-state index is 9.14. The van der Waals surface area contributed by atoms with Gasteiger partial charge in [-0.1, -0.05) is 19.0 Å². The molecule has 1 unspecified atom stereocenters. The van der Waals surface area contributed by atoms with E-state index in [1.807, 2.05) is 25.7 Å². The number of rotatable bonds is 5. The molecule has 0 aliphatic carbocycles. The van der Waals surface area contributed by atoms with Gasteiger partial charge in [-0.25, -0.2) is 0 Å². The van der Waals surface area contributed by atoms with Crippen LogP contribution in [0.5, 0.6) is 0 Å². The molecule has 0 saturated carbocycles. The van der Waals surface area contributed by atoms with Crippen LogP contribution in [-0.2, 0) is 12.8 Å². The number of thioether (sulfide) groups is 1. The lowest BCUT2D eigenvalue weighted by Crippen LogP contribution is -2.35. The first-order valence-electron chi connectivity index (χ1n) is 7.30. The zero-order valence-electron chi connectivity index (χ0n) is 12.8. The molecule has 6 nitrogen and oxygen atoms in total. The molecule has 1 aliphatic heterocycles. The molecule has 3 N–H and O–H groups in total. The van der Waals surface area contributed by atoms with Gasteiger partial charge in [-0.05, 0) is 30.6 Å². The molecular weight excluding hydrogens is 286 g/mol. The quantitative estimate of drug-likeness (QED) is 0.372. The molecule has 0 radical (unpaired) electrons. The number of aryl methyl sites for hydroxylation is 1. The summed E-state index contributed by atoms with van der Waals surface area (Å²) in [4.78, 5) is 2.12. The van der Waals surface area contributed by atoms with Gasteiger partial charge in [-0.2, -0.15) is 16.9 Å². The number of hydrogen-bond donors (Lipinski definition) is 2. The molecule has 1 fully saturated rings. The van der Waals surface area contributed by atoms with Crippen LogP contribution in [-0.4, -0.2) is 45.8 Å². The van der Waals surface area contributed by atoms with Crippen molar-refractivity contribution in [3.8, 4) is 0 Å². The minimum absolute atomic E-state index is 0.115. The second kappa shape index (κ2) is 6.98. The normalized spacial score (nSPS) is 19.0. The first-order chi connectivity index (χ1) is 10.1. The van der Waals surface area contributed by atoms with Crippen LogP contribution in [0.15, 0.2) is 5.16 Å². The van der Waals surface area contributed by atoms with Gasteiger partial charge >= 0.3 is 0 Å². The SMILES string of the molecule is CCc1nnc(N(C)C2CCSC2)c(C(N)=NO)c1CC. The molecule has 0 amide bonds. The second-order valence-electron chi connectivity index (χ2n) is 5.14. The summed E-state index contributed by atoms with van der Waals surface area (Å²) in [5, 5.41) is 21.1. The van der Waals surface area contributed by atoms with Crippen molar-refractivity contribution in [1.82, 2.24) is 10.2 Å². The van der Waals surface area contributed by atoms with Gasteiger partial charge in [-0.15, -0.1) is 5.10 Å². The summed E-state index contributed by atoms with van der Waals surface area (Å²) in [6, 6.07) is 0.423. The van der Waals surface area contributed by atoms with Gasteiger partial charge < -0.3 is 15.8 Å². The Hall–Kier alpha value is -1.50. The predicted molar refractivity (Wildman–Crippen MR) is 87.4 cm³/mol. The number of aromatic nitrogens is 2. The highest BCUT2D eigenvalue weighted by Crippen LogP contribution is 2.29. The first kappa shape index (κ1) is 15.9. The highest BCUT2D eigenvalue weighted by atomic mass is 32.2. The van der Waals surface area contributed by atoms with Gasteiger partial charge in [0, 0.05) is 18.8 Å². The van der Waals surface area contributed by atoms with Crippen LogP contribution < -0.4 is 10.6 Å². The number of nitrogens with two attached hydrogens (primary N) is 1. The summed E-state index contributed by atoms with van der Waals surface area (Å²) in [5.74, 6) is 3.07. The van der Waals surface area contributed by atoms with E-state index in [0.29, 0.717) is 11.9 Å². The molecule has 2 rings (SSSR count). The third kappa shape index (κ3) is 3.07. The third-order valence-electron chi connectivity index (χ3n) is 3.98. The Morgan fingerprint density at radius 1 is 1.43 bits per heavy atom. The lowest BCUT2D eigenvalue weighted by atomic mass is 10.0. The van der Waals surface area contributed by atoms with Crippen molar-refractivity contribution in [3.05, 3.63) is 16.8 Å². The Balaban J connectivity index is 2.53. The maximum Gasteiger partial charge on any atom is 0.174 e. The van der Waals surface area contributed by atoms with E-state index < -0.39 is 0 Å². The van der Waals surface area contributed by atoms with Crippen molar-refractivity contribution in [2.24, 2.45) is 10.9 Å². The van der Waals surface area contributed by atoms with Crippen molar-refractivity contribution in [2.45, 2.75) is 39.2 Å². The minimum Gasteiger partial charge on any atom is -0.409 e. The van der Waals surface area contributed by atoms with Crippen molar-refractivity contribution in [1.29, 1.82) is 0 Å². The number of hydrogen-bond acceptors (Lipinski definition) is 6. The van der Waals surface area contributed by atoms with Crippen molar-refractivity contribution < 1.29 is 5.21 Å². The number of anilines is 1. The Labute approximate surface area is 129 Å².